The molecule has 1 N–H and O–H groups in total. The Hall–Kier alpha value is -1.58. The number of methoxy groups -OCH3 is 1. The van der Waals surface area contributed by atoms with Crippen molar-refractivity contribution in [3.05, 3.63) is 23.9 Å². The summed E-state index contributed by atoms with van der Waals surface area (Å²) in [6, 6.07) is 3.59. The first-order chi connectivity index (χ1) is 5.86. The molecule has 4 nitrogen and oxygen atoms in total. The third kappa shape index (κ3) is 2.23. The Morgan fingerprint density at radius 1 is 1.75 bits per heavy atom. The molecule has 0 spiro atoms. The highest BCUT2D eigenvalue weighted by Gasteiger charge is 1.94. The molecule has 1 aromatic rings. The van der Waals surface area contributed by atoms with Gasteiger partial charge in [0.1, 0.15) is 0 Å². The summed E-state index contributed by atoms with van der Waals surface area (Å²) in [5, 5.41) is 2.55. The summed E-state index contributed by atoms with van der Waals surface area (Å²) < 4.78 is 4.91. The average Bonchev–Trinajstić information content (AvgIpc) is 2.15. The molecule has 0 saturated carbocycles. The first kappa shape index (κ1) is 8.52. The van der Waals surface area contributed by atoms with Crippen LogP contribution in [-0.4, -0.2) is 18.5 Å². The van der Waals surface area contributed by atoms with Crippen LogP contribution in [0.15, 0.2) is 18.3 Å². The van der Waals surface area contributed by atoms with Gasteiger partial charge in [-0.2, -0.15) is 0 Å². The van der Waals surface area contributed by atoms with Gasteiger partial charge in [-0.15, -0.1) is 0 Å². The van der Waals surface area contributed by atoms with E-state index in [0.717, 1.165) is 5.56 Å². The molecule has 1 amide bonds. The van der Waals surface area contributed by atoms with Gasteiger partial charge in [-0.05, 0) is 11.6 Å². The Labute approximate surface area is 70.6 Å². The summed E-state index contributed by atoms with van der Waals surface area (Å²) in [5.74, 6) is 0.556. The summed E-state index contributed by atoms with van der Waals surface area (Å²) in [7, 11) is 1.55. The number of hydrogen-bond donors (Lipinski definition) is 1. The number of carbonyl (C=O) groups is 1. The molecule has 1 rings (SSSR count). The van der Waals surface area contributed by atoms with Gasteiger partial charge in [0.25, 0.3) is 0 Å². The molecule has 0 radical (unpaired) electrons. The maximum Gasteiger partial charge on any atom is 0.213 e. The fourth-order valence-corrected chi connectivity index (χ4v) is 0.832. The first-order valence-electron chi connectivity index (χ1n) is 3.53. The zero-order valence-electron chi connectivity index (χ0n) is 6.78. The van der Waals surface area contributed by atoms with Crippen LogP contribution in [0.25, 0.3) is 0 Å². The van der Waals surface area contributed by atoms with Gasteiger partial charge in [0, 0.05) is 18.8 Å². The Morgan fingerprint density at radius 2 is 2.58 bits per heavy atom. The van der Waals surface area contributed by atoms with Crippen LogP contribution in [0.4, 0.5) is 0 Å². The van der Waals surface area contributed by atoms with E-state index in [1.165, 1.54) is 0 Å². The number of hydrogen-bond acceptors (Lipinski definition) is 3. The molecular formula is C8H10N2O2. The van der Waals surface area contributed by atoms with Crippen molar-refractivity contribution in [3.63, 3.8) is 0 Å². The smallest absolute Gasteiger partial charge is 0.213 e. The Kier molecular flexibility index (Phi) is 3.07. The Morgan fingerprint density at radius 3 is 3.25 bits per heavy atom. The average molecular weight is 166 g/mol. The standard InChI is InChI=1S/C8H10N2O2/c1-12-8-4-7(2-3-10-8)5-9-6-11/h2-4,6H,5H2,1H3,(H,9,11). The highest BCUT2D eigenvalue weighted by Crippen LogP contribution is 2.07. The molecule has 0 fully saturated rings. The molecule has 0 aliphatic carbocycles. The lowest BCUT2D eigenvalue weighted by Gasteiger charge is -2.01. The molecule has 64 valence electrons. The van der Waals surface area contributed by atoms with Crippen molar-refractivity contribution in [2.45, 2.75) is 6.54 Å². The molecule has 0 saturated heterocycles. The van der Waals surface area contributed by atoms with Crippen molar-refractivity contribution < 1.29 is 9.53 Å². The van der Waals surface area contributed by atoms with E-state index in [0.29, 0.717) is 18.8 Å². The largest absolute Gasteiger partial charge is 0.481 e. The van der Waals surface area contributed by atoms with Gasteiger partial charge < -0.3 is 10.1 Å². The van der Waals surface area contributed by atoms with Crippen LogP contribution in [0, 0.1) is 0 Å². The minimum atomic E-state index is 0.502. The summed E-state index contributed by atoms with van der Waals surface area (Å²) in [6.07, 6.45) is 2.30. The second-order valence-corrected chi connectivity index (χ2v) is 2.21. The van der Waals surface area contributed by atoms with E-state index >= 15 is 0 Å². The number of nitrogens with one attached hydrogen (secondary N) is 1. The number of carbonyl (C=O) groups excluding carboxylic acids is 1. The molecule has 4 heteroatoms. The van der Waals surface area contributed by atoms with E-state index in [1.54, 1.807) is 19.4 Å². The van der Waals surface area contributed by atoms with Crippen LogP contribution in [0.5, 0.6) is 5.88 Å². The number of aromatic nitrogens is 1. The number of nitrogens with zero attached hydrogens (tertiary/aromatic N) is 1. The summed E-state index contributed by atoms with van der Waals surface area (Å²) in [5.41, 5.74) is 0.967. The van der Waals surface area contributed by atoms with Crippen molar-refractivity contribution in [1.82, 2.24) is 10.3 Å². The van der Waals surface area contributed by atoms with Gasteiger partial charge in [-0.3, -0.25) is 4.79 Å². The van der Waals surface area contributed by atoms with Crippen LogP contribution in [0.3, 0.4) is 0 Å². The van der Waals surface area contributed by atoms with E-state index in [1.807, 2.05) is 6.07 Å². The van der Waals surface area contributed by atoms with Gasteiger partial charge in [-0.1, -0.05) is 0 Å². The number of rotatable bonds is 4. The fourth-order valence-electron chi connectivity index (χ4n) is 0.832. The minimum absolute atomic E-state index is 0.502. The lowest BCUT2D eigenvalue weighted by Crippen LogP contribution is -2.09. The van der Waals surface area contributed by atoms with Crippen LogP contribution < -0.4 is 10.1 Å². The zero-order chi connectivity index (χ0) is 8.81. The summed E-state index contributed by atoms with van der Waals surface area (Å²) in [4.78, 5) is 13.9. The van der Waals surface area contributed by atoms with Crippen LogP contribution >= 0.6 is 0 Å². The number of amides is 1. The molecule has 0 aliphatic rings. The van der Waals surface area contributed by atoms with E-state index in [-0.39, 0.29) is 0 Å². The molecule has 0 aliphatic heterocycles. The molecule has 0 unspecified atom stereocenters. The second kappa shape index (κ2) is 4.33. The van der Waals surface area contributed by atoms with Gasteiger partial charge in [-0.25, -0.2) is 4.98 Å². The maximum atomic E-state index is 9.97. The maximum absolute atomic E-state index is 9.97. The molecule has 0 bridgehead atoms. The van der Waals surface area contributed by atoms with Gasteiger partial charge in [0.15, 0.2) is 0 Å². The Balaban J connectivity index is 2.65. The third-order valence-corrected chi connectivity index (χ3v) is 1.40. The first-order valence-corrected chi connectivity index (χ1v) is 3.53. The molecule has 0 aromatic carbocycles. The second-order valence-electron chi connectivity index (χ2n) is 2.21. The lowest BCUT2D eigenvalue weighted by atomic mass is 10.3. The van der Waals surface area contributed by atoms with Gasteiger partial charge in [0.05, 0.1) is 7.11 Å². The Bertz CT molecular complexity index is 263. The number of pyridine rings is 1. The topological polar surface area (TPSA) is 51.2 Å². The predicted octanol–water partition coefficient (Wildman–Crippen LogP) is 0.336. The van der Waals surface area contributed by atoms with Crippen LogP contribution in [0.1, 0.15) is 5.56 Å². The van der Waals surface area contributed by atoms with E-state index in [9.17, 15) is 4.79 Å². The van der Waals surface area contributed by atoms with E-state index < -0.39 is 0 Å². The third-order valence-electron chi connectivity index (χ3n) is 1.40. The normalized spacial score (nSPS) is 9.08. The van der Waals surface area contributed by atoms with Gasteiger partial charge >= 0.3 is 0 Å². The van der Waals surface area contributed by atoms with Gasteiger partial charge in [0.2, 0.25) is 12.3 Å². The van der Waals surface area contributed by atoms with Crippen molar-refractivity contribution in [3.8, 4) is 5.88 Å². The van der Waals surface area contributed by atoms with E-state index in [2.05, 4.69) is 10.3 Å². The van der Waals surface area contributed by atoms with Crippen molar-refractivity contribution >= 4 is 6.41 Å². The van der Waals surface area contributed by atoms with E-state index in [4.69, 9.17) is 4.74 Å². The molecule has 0 atom stereocenters. The van der Waals surface area contributed by atoms with Crippen LogP contribution in [0.2, 0.25) is 0 Å². The fraction of sp³-hybridized carbons (Fsp3) is 0.250. The quantitative estimate of drug-likeness (QED) is 0.656. The molecule has 1 heterocycles. The van der Waals surface area contributed by atoms with Crippen molar-refractivity contribution in [2.75, 3.05) is 7.11 Å². The minimum Gasteiger partial charge on any atom is -0.481 e. The number of ether oxygens (including phenoxy) is 1. The SMILES string of the molecule is COc1cc(CNC=O)ccn1. The summed E-state index contributed by atoms with van der Waals surface area (Å²) in [6.45, 7) is 0.502. The molecule has 12 heavy (non-hydrogen) atoms. The monoisotopic (exact) mass is 166 g/mol. The van der Waals surface area contributed by atoms with Crippen LogP contribution in [-0.2, 0) is 11.3 Å². The zero-order valence-corrected chi connectivity index (χ0v) is 6.78. The summed E-state index contributed by atoms with van der Waals surface area (Å²) >= 11 is 0. The molecule has 1 aromatic heterocycles. The van der Waals surface area contributed by atoms with Crippen molar-refractivity contribution in [2.24, 2.45) is 0 Å². The predicted molar refractivity (Wildman–Crippen MR) is 43.7 cm³/mol. The molecular weight excluding hydrogens is 156 g/mol. The highest BCUT2D eigenvalue weighted by molar-refractivity contribution is 5.46. The van der Waals surface area contributed by atoms with Crippen molar-refractivity contribution in [1.29, 1.82) is 0 Å². The highest BCUT2D eigenvalue weighted by atomic mass is 16.5. The lowest BCUT2D eigenvalue weighted by molar-refractivity contribution is -0.109.